The Kier molecular flexibility index (Phi) is 5.18. The van der Waals surface area contributed by atoms with Gasteiger partial charge >= 0.3 is 0 Å². The highest BCUT2D eigenvalue weighted by Gasteiger charge is 2.15. The van der Waals surface area contributed by atoms with Crippen molar-refractivity contribution < 1.29 is 23.4 Å². The SMILES string of the molecule is COCC(O)CNC(=O)c1cc(C)c(F)cc1F. The number of aliphatic hydroxyl groups excluding tert-OH is 1. The monoisotopic (exact) mass is 259 g/mol. The van der Waals surface area contributed by atoms with Crippen LogP contribution in [0.15, 0.2) is 12.1 Å². The lowest BCUT2D eigenvalue weighted by atomic mass is 10.1. The Labute approximate surface area is 104 Å². The van der Waals surface area contributed by atoms with E-state index in [4.69, 9.17) is 0 Å². The molecular formula is C12H15F2NO3. The molecule has 1 aromatic rings. The third-order valence-corrected chi connectivity index (χ3v) is 2.35. The third-order valence-electron chi connectivity index (χ3n) is 2.35. The molecule has 0 heterocycles. The molecule has 1 aromatic carbocycles. The molecule has 0 aromatic heterocycles. The number of hydrogen-bond acceptors (Lipinski definition) is 3. The molecular weight excluding hydrogens is 244 g/mol. The predicted molar refractivity (Wildman–Crippen MR) is 61.3 cm³/mol. The zero-order chi connectivity index (χ0) is 13.7. The maximum Gasteiger partial charge on any atom is 0.254 e. The average Bonchev–Trinajstić information content (AvgIpc) is 2.31. The van der Waals surface area contributed by atoms with Gasteiger partial charge in [0.15, 0.2) is 0 Å². The van der Waals surface area contributed by atoms with Gasteiger partial charge in [-0.3, -0.25) is 4.79 Å². The van der Waals surface area contributed by atoms with Crippen LogP contribution >= 0.6 is 0 Å². The largest absolute Gasteiger partial charge is 0.389 e. The van der Waals surface area contributed by atoms with E-state index in [2.05, 4.69) is 10.1 Å². The number of hydrogen-bond donors (Lipinski definition) is 2. The Morgan fingerprint density at radius 1 is 1.44 bits per heavy atom. The molecule has 0 saturated heterocycles. The van der Waals surface area contributed by atoms with E-state index in [0.29, 0.717) is 6.07 Å². The number of carbonyl (C=O) groups excluding carboxylic acids is 1. The van der Waals surface area contributed by atoms with E-state index in [1.54, 1.807) is 0 Å². The normalized spacial score (nSPS) is 12.3. The van der Waals surface area contributed by atoms with Gasteiger partial charge in [-0.05, 0) is 18.6 Å². The molecule has 100 valence electrons. The number of amides is 1. The second kappa shape index (κ2) is 6.42. The minimum atomic E-state index is -0.933. The summed E-state index contributed by atoms with van der Waals surface area (Å²) in [5.41, 5.74) is -0.0718. The van der Waals surface area contributed by atoms with Crippen molar-refractivity contribution in [2.24, 2.45) is 0 Å². The zero-order valence-corrected chi connectivity index (χ0v) is 10.2. The lowest BCUT2D eigenvalue weighted by molar-refractivity contribution is 0.0609. The van der Waals surface area contributed by atoms with E-state index < -0.39 is 23.6 Å². The van der Waals surface area contributed by atoms with E-state index in [0.717, 1.165) is 6.07 Å². The fourth-order valence-electron chi connectivity index (χ4n) is 1.39. The van der Waals surface area contributed by atoms with Gasteiger partial charge in [0.2, 0.25) is 0 Å². The van der Waals surface area contributed by atoms with Crippen LogP contribution in [0, 0.1) is 18.6 Å². The number of rotatable bonds is 5. The number of ether oxygens (including phenoxy) is 1. The number of methoxy groups -OCH3 is 1. The number of nitrogens with one attached hydrogen (secondary N) is 1. The summed E-state index contributed by atoms with van der Waals surface area (Å²) in [6.45, 7) is 1.43. The summed E-state index contributed by atoms with van der Waals surface area (Å²) in [5.74, 6) is -2.34. The van der Waals surface area contributed by atoms with Gasteiger partial charge in [-0.25, -0.2) is 8.78 Å². The van der Waals surface area contributed by atoms with Crippen molar-refractivity contribution in [2.45, 2.75) is 13.0 Å². The van der Waals surface area contributed by atoms with Crippen LogP contribution in [-0.4, -0.2) is 37.4 Å². The van der Waals surface area contributed by atoms with Crippen LogP contribution in [0.3, 0.4) is 0 Å². The zero-order valence-electron chi connectivity index (χ0n) is 10.2. The van der Waals surface area contributed by atoms with Crippen molar-refractivity contribution >= 4 is 5.91 Å². The van der Waals surface area contributed by atoms with Gasteiger partial charge in [-0.15, -0.1) is 0 Å². The van der Waals surface area contributed by atoms with Crippen LogP contribution in [0.5, 0.6) is 0 Å². The van der Waals surface area contributed by atoms with Gasteiger partial charge in [0, 0.05) is 19.7 Å². The van der Waals surface area contributed by atoms with Crippen LogP contribution in [0.4, 0.5) is 8.78 Å². The van der Waals surface area contributed by atoms with Gasteiger partial charge in [0.05, 0.1) is 18.3 Å². The summed E-state index contributed by atoms with van der Waals surface area (Å²) in [7, 11) is 1.41. The summed E-state index contributed by atoms with van der Waals surface area (Å²) in [4.78, 5) is 11.6. The van der Waals surface area contributed by atoms with Gasteiger partial charge in [0.25, 0.3) is 5.91 Å². The Morgan fingerprint density at radius 2 is 2.11 bits per heavy atom. The molecule has 6 heteroatoms. The standard InChI is InChI=1S/C12H15F2NO3/c1-7-3-9(11(14)4-10(7)13)12(17)15-5-8(16)6-18-2/h3-4,8,16H,5-6H2,1-2H3,(H,15,17). The lowest BCUT2D eigenvalue weighted by Crippen LogP contribution is -2.34. The average molecular weight is 259 g/mol. The van der Waals surface area contributed by atoms with Gasteiger partial charge in [0.1, 0.15) is 11.6 Å². The lowest BCUT2D eigenvalue weighted by Gasteiger charge is -2.11. The van der Waals surface area contributed by atoms with Crippen LogP contribution < -0.4 is 5.32 Å². The minimum Gasteiger partial charge on any atom is -0.389 e. The molecule has 0 bridgehead atoms. The molecule has 0 fully saturated rings. The minimum absolute atomic E-state index is 0.0607. The maximum absolute atomic E-state index is 13.4. The molecule has 1 rings (SSSR count). The second-order valence-electron chi connectivity index (χ2n) is 3.90. The second-order valence-corrected chi connectivity index (χ2v) is 3.90. The van der Waals surface area contributed by atoms with Crippen molar-refractivity contribution in [3.05, 3.63) is 34.9 Å². The third kappa shape index (κ3) is 3.75. The maximum atomic E-state index is 13.4. The molecule has 0 aliphatic carbocycles. The van der Waals surface area contributed by atoms with E-state index in [1.807, 2.05) is 0 Å². The summed E-state index contributed by atoms with van der Waals surface area (Å²) >= 11 is 0. The molecule has 1 unspecified atom stereocenters. The Balaban J connectivity index is 2.70. The van der Waals surface area contributed by atoms with Crippen LogP contribution in [0.2, 0.25) is 0 Å². The molecule has 18 heavy (non-hydrogen) atoms. The summed E-state index contributed by atoms with van der Waals surface area (Å²) in [6, 6.07) is 1.79. The molecule has 1 amide bonds. The number of halogens is 2. The number of benzene rings is 1. The van der Waals surface area contributed by atoms with E-state index >= 15 is 0 Å². The fraction of sp³-hybridized carbons (Fsp3) is 0.417. The number of aliphatic hydroxyl groups is 1. The Bertz CT molecular complexity index is 438. The molecule has 2 N–H and O–H groups in total. The van der Waals surface area contributed by atoms with Gasteiger partial charge in [-0.2, -0.15) is 0 Å². The summed E-state index contributed by atoms with van der Waals surface area (Å²) < 4.78 is 31.0. The van der Waals surface area contributed by atoms with Crippen molar-refractivity contribution in [3.63, 3.8) is 0 Å². The first-order valence-corrected chi connectivity index (χ1v) is 5.36. The van der Waals surface area contributed by atoms with Crippen molar-refractivity contribution in [1.29, 1.82) is 0 Å². The van der Waals surface area contributed by atoms with Crippen molar-refractivity contribution in [2.75, 3.05) is 20.3 Å². The molecule has 0 saturated carbocycles. The van der Waals surface area contributed by atoms with Gasteiger partial charge < -0.3 is 15.2 Å². The Morgan fingerprint density at radius 3 is 2.72 bits per heavy atom. The molecule has 4 nitrogen and oxygen atoms in total. The van der Waals surface area contributed by atoms with Crippen molar-refractivity contribution in [3.8, 4) is 0 Å². The summed E-state index contributed by atoms with van der Waals surface area (Å²) in [6.07, 6.45) is -0.872. The van der Waals surface area contributed by atoms with Crippen LogP contribution in [0.1, 0.15) is 15.9 Å². The predicted octanol–water partition coefficient (Wildman–Crippen LogP) is 1.01. The highest BCUT2D eigenvalue weighted by atomic mass is 19.1. The van der Waals surface area contributed by atoms with E-state index in [-0.39, 0.29) is 24.3 Å². The first kappa shape index (κ1) is 14.5. The topological polar surface area (TPSA) is 58.6 Å². The molecule has 0 aliphatic rings. The van der Waals surface area contributed by atoms with E-state index in [1.165, 1.54) is 14.0 Å². The smallest absolute Gasteiger partial charge is 0.254 e. The van der Waals surface area contributed by atoms with E-state index in [9.17, 15) is 18.7 Å². The number of aryl methyl sites for hydroxylation is 1. The molecule has 0 radical (unpaired) electrons. The number of carbonyl (C=O) groups is 1. The van der Waals surface area contributed by atoms with Crippen LogP contribution in [0.25, 0.3) is 0 Å². The van der Waals surface area contributed by atoms with Gasteiger partial charge in [-0.1, -0.05) is 0 Å². The van der Waals surface area contributed by atoms with Crippen molar-refractivity contribution in [1.82, 2.24) is 5.32 Å². The molecule has 0 spiro atoms. The first-order valence-electron chi connectivity index (χ1n) is 5.36. The first-order chi connectivity index (χ1) is 8.45. The quantitative estimate of drug-likeness (QED) is 0.829. The highest BCUT2D eigenvalue weighted by molar-refractivity contribution is 5.94. The molecule has 1 atom stereocenters. The Hall–Kier alpha value is -1.53. The summed E-state index contributed by atoms with van der Waals surface area (Å²) in [5, 5.41) is 11.7. The molecule has 0 aliphatic heterocycles. The fourth-order valence-corrected chi connectivity index (χ4v) is 1.39. The van der Waals surface area contributed by atoms with Crippen LogP contribution in [-0.2, 0) is 4.74 Å². The highest BCUT2D eigenvalue weighted by Crippen LogP contribution is 2.13.